The largest absolute Gasteiger partial charge is 0.468 e. The Morgan fingerprint density at radius 1 is 1.44 bits per heavy atom. The maximum absolute atomic E-state index is 11.1. The fourth-order valence-electron chi connectivity index (χ4n) is 1.35. The van der Waals surface area contributed by atoms with Crippen molar-refractivity contribution in [3.8, 4) is 17.2 Å². The first-order valence-electron chi connectivity index (χ1n) is 5.35. The second kappa shape index (κ2) is 5.89. The molecule has 2 rings (SSSR count). The molecule has 7 heteroatoms. The number of methoxy groups -OCH3 is 1. The van der Waals surface area contributed by atoms with Crippen LogP contribution in [-0.2, 0) is 9.53 Å². The highest BCUT2D eigenvalue weighted by Crippen LogP contribution is 2.36. The highest BCUT2D eigenvalue weighted by atomic mass is 31.1. The summed E-state index contributed by atoms with van der Waals surface area (Å²) in [6, 6.07) is 4.92. The minimum atomic E-state index is -0.401. The van der Waals surface area contributed by atoms with Crippen molar-refractivity contribution in [2.45, 2.75) is 13.0 Å². The van der Waals surface area contributed by atoms with E-state index in [9.17, 15) is 4.79 Å². The number of carbonyl (C=O) groups excluding carboxylic acids is 1. The zero-order valence-electron chi connectivity index (χ0n) is 10.1. The monoisotopic (exact) mass is 271 g/mol. The normalized spacial score (nSPS) is 14.8. The number of nitrogens with one attached hydrogen (secondary N) is 1. The summed E-state index contributed by atoms with van der Waals surface area (Å²) in [4.78, 5) is 11.1. The summed E-state index contributed by atoms with van der Waals surface area (Å²) < 4.78 is 20.5. The SMILES string of the molecule is COC(=O)[C@H](C)NPOc1ccc2c(c1)OCO2. The average Bonchev–Trinajstić information content (AvgIpc) is 2.85. The van der Waals surface area contributed by atoms with Gasteiger partial charge in [0.1, 0.15) is 20.7 Å². The molecule has 1 aromatic rings. The first kappa shape index (κ1) is 12.9. The number of carbonyl (C=O) groups is 1. The molecule has 1 aliphatic rings. The lowest BCUT2D eigenvalue weighted by atomic mass is 10.3. The highest BCUT2D eigenvalue weighted by molar-refractivity contribution is 7.30. The van der Waals surface area contributed by atoms with E-state index in [2.05, 4.69) is 9.82 Å². The predicted octanol–water partition coefficient (Wildman–Crippen LogP) is 1.45. The van der Waals surface area contributed by atoms with Gasteiger partial charge in [0.05, 0.1) is 7.11 Å². The summed E-state index contributed by atoms with van der Waals surface area (Å²) in [5, 5.41) is 2.91. The topological polar surface area (TPSA) is 66.0 Å². The van der Waals surface area contributed by atoms with Gasteiger partial charge in [0, 0.05) is 6.07 Å². The molecule has 0 radical (unpaired) electrons. The summed E-state index contributed by atoms with van der Waals surface area (Å²) in [7, 11) is 1.30. The Balaban J connectivity index is 1.82. The molecule has 0 aliphatic carbocycles. The molecule has 0 aromatic heterocycles. The Morgan fingerprint density at radius 2 is 2.22 bits per heavy atom. The van der Waals surface area contributed by atoms with E-state index in [1.165, 1.54) is 7.11 Å². The fourth-order valence-corrected chi connectivity index (χ4v) is 1.95. The van der Waals surface area contributed by atoms with Gasteiger partial charge >= 0.3 is 5.97 Å². The molecule has 2 atom stereocenters. The van der Waals surface area contributed by atoms with Gasteiger partial charge in [-0.1, -0.05) is 0 Å². The van der Waals surface area contributed by atoms with Crippen molar-refractivity contribution in [1.82, 2.24) is 5.09 Å². The third kappa shape index (κ3) is 3.03. The average molecular weight is 271 g/mol. The van der Waals surface area contributed by atoms with Crippen LogP contribution in [0, 0.1) is 0 Å². The van der Waals surface area contributed by atoms with Crippen molar-refractivity contribution in [3.63, 3.8) is 0 Å². The van der Waals surface area contributed by atoms with Gasteiger partial charge in [-0.2, -0.15) is 0 Å². The van der Waals surface area contributed by atoms with Crippen LogP contribution in [0.2, 0.25) is 0 Å². The lowest BCUT2D eigenvalue weighted by Gasteiger charge is -2.11. The van der Waals surface area contributed by atoms with Gasteiger partial charge in [-0.25, -0.2) is 0 Å². The van der Waals surface area contributed by atoms with Gasteiger partial charge in [-0.3, -0.25) is 9.88 Å². The van der Waals surface area contributed by atoms with E-state index >= 15 is 0 Å². The van der Waals surface area contributed by atoms with Crippen LogP contribution in [0.3, 0.4) is 0 Å². The maximum Gasteiger partial charge on any atom is 0.322 e. The number of fused-ring (bicyclic) bond motifs is 1. The number of hydrogen-bond donors (Lipinski definition) is 1. The van der Waals surface area contributed by atoms with Gasteiger partial charge in [-0.15, -0.1) is 0 Å². The number of benzene rings is 1. The number of hydrogen-bond acceptors (Lipinski definition) is 6. The van der Waals surface area contributed by atoms with E-state index < -0.39 is 6.04 Å². The van der Waals surface area contributed by atoms with Gasteiger partial charge in [0.2, 0.25) is 6.79 Å². The summed E-state index contributed by atoms with van der Waals surface area (Å²) in [6.45, 7) is 1.94. The Labute approximate surface area is 106 Å². The van der Waals surface area contributed by atoms with Crippen LogP contribution in [0.5, 0.6) is 17.2 Å². The zero-order valence-corrected chi connectivity index (χ0v) is 11.1. The molecule has 1 N–H and O–H groups in total. The van der Waals surface area contributed by atoms with Crippen molar-refractivity contribution in [2.75, 3.05) is 13.9 Å². The van der Waals surface area contributed by atoms with E-state index in [0.717, 1.165) is 0 Å². The molecule has 0 spiro atoms. The zero-order chi connectivity index (χ0) is 13.0. The van der Waals surface area contributed by atoms with E-state index in [0.29, 0.717) is 17.2 Å². The second-order valence-corrected chi connectivity index (χ2v) is 4.31. The molecule has 0 saturated carbocycles. The summed E-state index contributed by atoms with van der Waals surface area (Å²) >= 11 is 0. The van der Waals surface area contributed by atoms with Crippen molar-refractivity contribution < 1.29 is 23.5 Å². The molecule has 0 saturated heterocycles. The predicted molar refractivity (Wildman–Crippen MR) is 66.1 cm³/mol. The molecule has 0 bridgehead atoms. The Kier molecular flexibility index (Phi) is 4.23. The molecule has 18 heavy (non-hydrogen) atoms. The molecular formula is C11H14NO5P. The van der Waals surface area contributed by atoms with Crippen LogP contribution in [0.25, 0.3) is 0 Å². The van der Waals surface area contributed by atoms with Crippen LogP contribution in [0.4, 0.5) is 0 Å². The van der Waals surface area contributed by atoms with Crippen LogP contribution in [0.1, 0.15) is 6.92 Å². The van der Waals surface area contributed by atoms with Crippen LogP contribution in [-0.4, -0.2) is 25.9 Å². The van der Waals surface area contributed by atoms with E-state index in [1.807, 2.05) is 0 Å². The van der Waals surface area contributed by atoms with Gasteiger partial charge < -0.3 is 18.7 Å². The van der Waals surface area contributed by atoms with Crippen molar-refractivity contribution in [2.24, 2.45) is 0 Å². The standard InChI is InChI=1S/C11H14NO5P/c1-7(11(13)14-2)12-18-17-8-3-4-9-10(5-8)16-6-15-9/h3-5,7,12,18H,6H2,1-2H3/t7-/m0/s1. The van der Waals surface area contributed by atoms with E-state index in [4.69, 9.17) is 14.0 Å². The molecule has 6 nitrogen and oxygen atoms in total. The minimum Gasteiger partial charge on any atom is -0.468 e. The summed E-state index contributed by atoms with van der Waals surface area (Å²) in [5.74, 6) is 1.71. The Bertz CT molecular complexity index is 439. The Hall–Kier alpha value is -1.52. The number of esters is 1. The smallest absolute Gasteiger partial charge is 0.322 e. The third-order valence-electron chi connectivity index (χ3n) is 2.34. The third-order valence-corrected chi connectivity index (χ3v) is 3.23. The second-order valence-electron chi connectivity index (χ2n) is 3.61. The lowest BCUT2D eigenvalue weighted by Crippen LogP contribution is -2.29. The van der Waals surface area contributed by atoms with Crippen molar-refractivity contribution in [3.05, 3.63) is 18.2 Å². The van der Waals surface area contributed by atoms with Gasteiger partial charge in [-0.05, 0) is 19.1 Å². The first-order valence-corrected chi connectivity index (χ1v) is 6.26. The van der Waals surface area contributed by atoms with Crippen LogP contribution >= 0.6 is 8.96 Å². The Morgan fingerprint density at radius 3 is 3.00 bits per heavy atom. The molecule has 1 heterocycles. The lowest BCUT2D eigenvalue weighted by molar-refractivity contribution is -0.142. The first-order chi connectivity index (χ1) is 8.70. The quantitative estimate of drug-likeness (QED) is 0.646. The maximum atomic E-state index is 11.1. The van der Waals surface area contributed by atoms with Crippen molar-refractivity contribution >= 4 is 14.9 Å². The molecule has 1 aliphatic heterocycles. The van der Waals surface area contributed by atoms with Gasteiger partial charge in [0.15, 0.2) is 11.5 Å². The highest BCUT2D eigenvalue weighted by Gasteiger charge is 2.15. The summed E-state index contributed by atoms with van der Waals surface area (Å²) in [5.41, 5.74) is 0. The number of ether oxygens (including phenoxy) is 3. The van der Waals surface area contributed by atoms with E-state index in [1.54, 1.807) is 25.1 Å². The molecule has 0 amide bonds. The molecule has 0 fully saturated rings. The molecule has 1 unspecified atom stereocenters. The van der Waals surface area contributed by atoms with Crippen LogP contribution < -0.4 is 19.1 Å². The molecule has 1 aromatic carbocycles. The minimum absolute atomic E-state index is 0.0464. The molecule has 98 valence electrons. The van der Waals surface area contributed by atoms with Gasteiger partial charge in [0.25, 0.3) is 0 Å². The fraction of sp³-hybridized carbons (Fsp3) is 0.364. The van der Waals surface area contributed by atoms with Crippen LogP contribution in [0.15, 0.2) is 18.2 Å². The number of rotatable bonds is 5. The summed E-state index contributed by atoms with van der Waals surface area (Å²) in [6.07, 6.45) is 0. The van der Waals surface area contributed by atoms with Crippen molar-refractivity contribution in [1.29, 1.82) is 0 Å². The molecular weight excluding hydrogens is 257 g/mol. The van der Waals surface area contributed by atoms with E-state index in [-0.39, 0.29) is 21.7 Å².